The van der Waals surface area contributed by atoms with Crippen molar-refractivity contribution in [3.05, 3.63) is 11.1 Å². The molecule has 122 valence electrons. The van der Waals surface area contributed by atoms with Gasteiger partial charge in [0.15, 0.2) is 0 Å². The lowest BCUT2D eigenvalue weighted by molar-refractivity contribution is -0.139. The fourth-order valence-corrected chi connectivity index (χ4v) is 1.90. The Morgan fingerprint density at radius 3 is 1.95 bits per heavy atom. The highest BCUT2D eigenvalue weighted by atomic mass is 16.5. The molecule has 7 nitrogen and oxygen atoms in total. The number of carboxylic acid groups (broad SMARTS) is 2. The molecule has 7 heteroatoms. The smallest absolute Gasteiger partial charge is 0.332 e. The lowest BCUT2D eigenvalue weighted by Crippen LogP contribution is -2.20. The molecule has 0 radical (unpaired) electrons. The molecule has 0 bridgehead atoms. The molecular weight excluding hydrogens is 280 g/mol. The van der Waals surface area contributed by atoms with Crippen LogP contribution in [-0.2, 0) is 14.3 Å². The van der Waals surface area contributed by atoms with Crippen molar-refractivity contribution in [3.8, 4) is 0 Å². The summed E-state index contributed by atoms with van der Waals surface area (Å²) in [7, 11) is 0. The molecule has 3 atom stereocenters. The zero-order valence-electron chi connectivity index (χ0n) is 12.6. The van der Waals surface area contributed by atoms with Crippen LogP contribution in [0, 0.1) is 0 Å². The number of aliphatic hydroxyl groups excluding tert-OH is 2. The van der Waals surface area contributed by atoms with E-state index in [1.807, 2.05) is 0 Å². The van der Waals surface area contributed by atoms with Gasteiger partial charge in [-0.2, -0.15) is 0 Å². The molecule has 0 rings (SSSR count). The van der Waals surface area contributed by atoms with E-state index in [1.54, 1.807) is 13.8 Å². The number of rotatable bonds is 10. The minimum atomic E-state index is -1.31. The maximum absolute atomic E-state index is 11.2. The molecule has 0 aromatic rings. The van der Waals surface area contributed by atoms with Gasteiger partial charge in [-0.1, -0.05) is 5.57 Å². The Morgan fingerprint density at radius 2 is 1.57 bits per heavy atom. The van der Waals surface area contributed by atoms with Crippen molar-refractivity contribution in [1.82, 2.24) is 0 Å². The summed E-state index contributed by atoms with van der Waals surface area (Å²) < 4.78 is 5.34. The summed E-state index contributed by atoms with van der Waals surface area (Å²) in [5.41, 5.74) is 0.119. The molecule has 0 saturated carbocycles. The second-order valence-electron chi connectivity index (χ2n) is 5.21. The minimum absolute atomic E-state index is 0.0668. The molecule has 0 aliphatic heterocycles. The van der Waals surface area contributed by atoms with Gasteiger partial charge in [-0.25, -0.2) is 4.79 Å². The Bertz CT molecular complexity index is 385. The fraction of sp³-hybridized carbons (Fsp3) is 0.714. The molecule has 0 saturated heterocycles. The van der Waals surface area contributed by atoms with Crippen molar-refractivity contribution >= 4 is 11.9 Å². The summed E-state index contributed by atoms with van der Waals surface area (Å²) in [5, 5.41) is 36.6. The molecule has 0 heterocycles. The molecule has 0 amide bonds. The molecule has 0 aliphatic carbocycles. The predicted molar refractivity (Wildman–Crippen MR) is 74.9 cm³/mol. The van der Waals surface area contributed by atoms with Crippen LogP contribution >= 0.6 is 0 Å². The van der Waals surface area contributed by atoms with Gasteiger partial charge in [-0.15, -0.1) is 0 Å². The first-order chi connectivity index (χ1) is 9.63. The summed E-state index contributed by atoms with van der Waals surface area (Å²) in [5.74, 6) is -2.55. The van der Waals surface area contributed by atoms with Gasteiger partial charge in [0.1, 0.15) is 0 Å². The second kappa shape index (κ2) is 9.49. The van der Waals surface area contributed by atoms with E-state index in [-0.39, 0.29) is 25.0 Å². The molecular formula is C14H24O7. The largest absolute Gasteiger partial charge is 0.481 e. The maximum atomic E-state index is 11.2. The number of hydrogen-bond acceptors (Lipinski definition) is 5. The molecule has 3 unspecified atom stereocenters. The van der Waals surface area contributed by atoms with E-state index in [0.29, 0.717) is 5.57 Å². The van der Waals surface area contributed by atoms with Crippen molar-refractivity contribution in [3.63, 3.8) is 0 Å². The van der Waals surface area contributed by atoms with Crippen molar-refractivity contribution in [2.75, 3.05) is 6.61 Å². The maximum Gasteiger partial charge on any atom is 0.332 e. The van der Waals surface area contributed by atoms with Crippen molar-refractivity contribution in [2.45, 2.75) is 58.3 Å². The van der Waals surface area contributed by atoms with Crippen LogP contribution in [0.5, 0.6) is 0 Å². The fourth-order valence-electron chi connectivity index (χ4n) is 1.90. The van der Waals surface area contributed by atoms with Gasteiger partial charge < -0.3 is 25.2 Å². The molecule has 0 spiro atoms. The summed E-state index contributed by atoms with van der Waals surface area (Å²) in [4.78, 5) is 22.0. The van der Waals surface area contributed by atoms with Crippen LogP contribution in [0.25, 0.3) is 0 Å². The Kier molecular flexibility index (Phi) is 8.84. The number of ether oxygens (including phenoxy) is 1. The number of carboxylic acids is 2. The van der Waals surface area contributed by atoms with Crippen LogP contribution in [0.4, 0.5) is 0 Å². The zero-order chi connectivity index (χ0) is 16.6. The third-order valence-corrected chi connectivity index (χ3v) is 2.71. The standard InChI is InChI=1S/C14H24O7/c1-8(15)4-11(5-10(3)21-7-9(2)16)12(14(19)20)6-13(17)18/h8-10,15-16H,4-7H2,1-3H3,(H,17,18)(H,19,20). The molecule has 0 aromatic carbocycles. The summed E-state index contributed by atoms with van der Waals surface area (Å²) in [6.45, 7) is 4.86. The number of carbonyl (C=O) groups is 2. The Hall–Kier alpha value is -1.44. The van der Waals surface area contributed by atoms with Gasteiger partial charge in [-0.3, -0.25) is 4.79 Å². The predicted octanol–water partition coefficient (Wildman–Crippen LogP) is 0.789. The number of hydrogen-bond donors (Lipinski definition) is 4. The second-order valence-corrected chi connectivity index (χ2v) is 5.21. The minimum Gasteiger partial charge on any atom is -0.481 e. The van der Waals surface area contributed by atoms with Gasteiger partial charge in [0.25, 0.3) is 0 Å². The average molecular weight is 304 g/mol. The van der Waals surface area contributed by atoms with E-state index >= 15 is 0 Å². The molecule has 21 heavy (non-hydrogen) atoms. The third-order valence-electron chi connectivity index (χ3n) is 2.71. The van der Waals surface area contributed by atoms with Crippen LogP contribution in [-0.4, -0.2) is 57.3 Å². The highest BCUT2D eigenvalue weighted by Gasteiger charge is 2.21. The van der Waals surface area contributed by atoms with Gasteiger partial charge in [-0.05, 0) is 33.6 Å². The first-order valence-electron chi connectivity index (χ1n) is 6.77. The van der Waals surface area contributed by atoms with E-state index in [1.165, 1.54) is 6.92 Å². The number of aliphatic hydroxyl groups is 2. The highest BCUT2D eigenvalue weighted by Crippen LogP contribution is 2.22. The molecule has 0 fully saturated rings. The Labute approximate surface area is 123 Å². The van der Waals surface area contributed by atoms with Gasteiger partial charge in [0.2, 0.25) is 0 Å². The van der Waals surface area contributed by atoms with Crippen LogP contribution in [0.1, 0.15) is 40.0 Å². The number of aliphatic carboxylic acids is 2. The molecule has 0 aromatic heterocycles. The van der Waals surface area contributed by atoms with E-state index in [0.717, 1.165) is 0 Å². The first kappa shape index (κ1) is 19.6. The zero-order valence-corrected chi connectivity index (χ0v) is 12.6. The Morgan fingerprint density at radius 1 is 1.00 bits per heavy atom. The lowest BCUT2D eigenvalue weighted by Gasteiger charge is -2.19. The van der Waals surface area contributed by atoms with Crippen molar-refractivity contribution in [2.24, 2.45) is 0 Å². The first-order valence-corrected chi connectivity index (χ1v) is 6.77. The van der Waals surface area contributed by atoms with Gasteiger partial charge >= 0.3 is 11.9 Å². The van der Waals surface area contributed by atoms with Crippen LogP contribution in [0.2, 0.25) is 0 Å². The third kappa shape index (κ3) is 9.17. The van der Waals surface area contributed by atoms with Crippen molar-refractivity contribution in [1.29, 1.82) is 0 Å². The van der Waals surface area contributed by atoms with Gasteiger partial charge in [0.05, 0.1) is 31.3 Å². The lowest BCUT2D eigenvalue weighted by atomic mass is 9.95. The average Bonchev–Trinajstić information content (AvgIpc) is 2.31. The molecule has 4 N–H and O–H groups in total. The SMILES string of the molecule is CC(O)COC(C)CC(CC(C)O)=C(CC(=O)O)C(=O)O. The van der Waals surface area contributed by atoms with E-state index in [4.69, 9.17) is 20.1 Å². The van der Waals surface area contributed by atoms with Crippen molar-refractivity contribution < 1.29 is 34.8 Å². The Balaban J connectivity index is 5.13. The van der Waals surface area contributed by atoms with E-state index in [9.17, 15) is 14.7 Å². The molecule has 0 aliphatic rings. The summed E-state index contributed by atoms with van der Waals surface area (Å²) in [6, 6.07) is 0. The van der Waals surface area contributed by atoms with Crippen LogP contribution in [0.15, 0.2) is 11.1 Å². The van der Waals surface area contributed by atoms with Gasteiger partial charge in [0, 0.05) is 5.57 Å². The van der Waals surface area contributed by atoms with E-state index in [2.05, 4.69) is 0 Å². The monoisotopic (exact) mass is 304 g/mol. The summed E-state index contributed by atoms with van der Waals surface area (Å²) >= 11 is 0. The normalized spacial score (nSPS) is 16.8. The highest BCUT2D eigenvalue weighted by molar-refractivity contribution is 5.92. The van der Waals surface area contributed by atoms with Crippen LogP contribution < -0.4 is 0 Å². The van der Waals surface area contributed by atoms with E-state index < -0.39 is 36.7 Å². The summed E-state index contributed by atoms with van der Waals surface area (Å²) in [6.07, 6.45) is -2.18. The topological polar surface area (TPSA) is 124 Å². The quantitative estimate of drug-likeness (QED) is 0.440. The van der Waals surface area contributed by atoms with Crippen LogP contribution in [0.3, 0.4) is 0 Å².